The number of rotatable bonds is 3. The summed E-state index contributed by atoms with van der Waals surface area (Å²) in [5.41, 5.74) is 1.39. The molecule has 1 aromatic rings. The Balaban J connectivity index is 1.57. The number of ether oxygens (including phenoxy) is 1. The fourth-order valence-corrected chi connectivity index (χ4v) is 3.71. The maximum absolute atomic E-state index is 12.0. The first-order valence-corrected chi connectivity index (χ1v) is 7.16. The van der Waals surface area contributed by atoms with Crippen LogP contribution in [-0.2, 0) is 17.6 Å². The average Bonchev–Trinajstić information content (AvgIpc) is 3.01. The quantitative estimate of drug-likeness (QED) is 0.894. The molecular weight excluding hydrogens is 234 g/mol. The van der Waals surface area contributed by atoms with Crippen LogP contribution < -0.4 is 5.32 Å². The molecular formula is C13H17NO2S. The molecule has 92 valence electrons. The van der Waals surface area contributed by atoms with Crippen molar-refractivity contribution in [3.05, 3.63) is 21.4 Å². The molecule has 2 heterocycles. The lowest BCUT2D eigenvalue weighted by Crippen LogP contribution is -2.31. The van der Waals surface area contributed by atoms with Crippen molar-refractivity contribution in [2.24, 2.45) is 0 Å². The lowest BCUT2D eigenvalue weighted by atomic mass is 10.2. The number of fused-ring (bicyclic) bond motifs is 1. The van der Waals surface area contributed by atoms with Gasteiger partial charge in [0.2, 0.25) is 0 Å². The van der Waals surface area contributed by atoms with E-state index in [2.05, 4.69) is 11.4 Å². The molecule has 4 heteroatoms. The van der Waals surface area contributed by atoms with E-state index in [4.69, 9.17) is 4.74 Å². The Morgan fingerprint density at radius 3 is 3.18 bits per heavy atom. The number of hydrogen-bond acceptors (Lipinski definition) is 3. The molecule has 1 atom stereocenters. The second kappa shape index (κ2) is 4.78. The summed E-state index contributed by atoms with van der Waals surface area (Å²) in [6, 6.07) is 2.07. The standard InChI is InChI=1S/C13H17NO2S/c15-13(14-8-10-4-2-6-16-10)12-7-9-3-1-5-11(9)17-12/h7,10H,1-6,8H2,(H,14,15)/t10-/m1/s1. The van der Waals surface area contributed by atoms with Gasteiger partial charge in [0.25, 0.3) is 5.91 Å². The van der Waals surface area contributed by atoms with Crippen LogP contribution >= 0.6 is 11.3 Å². The zero-order chi connectivity index (χ0) is 11.7. The molecule has 1 saturated heterocycles. The van der Waals surface area contributed by atoms with Crippen molar-refractivity contribution in [1.29, 1.82) is 0 Å². The molecule has 0 aromatic carbocycles. The number of thiophene rings is 1. The highest BCUT2D eigenvalue weighted by atomic mass is 32.1. The average molecular weight is 251 g/mol. The minimum atomic E-state index is 0.0694. The molecule has 1 fully saturated rings. The Morgan fingerprint density at radius 1 is 1.47 bits per heavy atom. The van der Waals surface area contributed by atoms with Gasteiger partial charge in [-0.05, 0) is 43.7 Å². The number of amides is 1. The topological polar surface area (TPSA) is 38.3 Å². The normalized spacial score (nSPS) is 22.7. The van der Waals surface area contributed by atoms with E-state index in [1.54, 1.807) is 11.3 Å². The zero-order valence-corrected chi connectivity index (χ0v) is 10.6. The largest absolute Gasteiger partial charge is 0.376 e. The van der Waals surface area contributed by atoms with Gasteiger partial charge in [0.05, 0.1) is 11.0 Å². The number of aryl methyl sites for hydroxylation is 2. The molecule has 1 aliphatic heterocycles. The third-order valence-corrected chi connectivity index (χ3v) is 4.72. The van der Waals surface area contributed by atoms with Gasteiger partial charge in [0, 0.05) is 18.0 Å². The van der Waals surface area contributed by atoms with Gasteiger partial charge in [-0.2, -0.15) is 0 Å². The van der Waals surface area contributed by atoms with Crippen molar-refractivity contribution in [3.63, 3.8) is 0 Å². The van der Waals surface area contributed by atoms with E-state index in [0.717, 1.165) is 37.2 Å². The summed E-state index contributed by atoms with van der Waals surface area (Å²) in [7, 11) is 0. The summed E-state index contributed by atoms with van der Waals surface area (Å²) in [6.45, 7) is 1.50. The maximum Gasteiger partial charge on any atom is 0.261 e. The van der Waals surface area contributed by atoms with Gasteiger partial charge in [-0.3, -0.25) is 4.79 Å². The van der Waals surface area contributed by atoms with Gasteiger partial charge >= 0.3 is 0 Å². The number of carbonyl (C=O) groups is 1. The predicted molar refractivity (Wildman–Crippen MR) is 67.7 cm³/mol. The lowest BCUT2D eigenvalue weighted by Gasteiger charge is -2.09. The zero-order valence-electron chi connectivity index (χ0n) is 9.83. The molecule has 1 N–H and O–H groups in total. The highest BCUT2D eigenvalue weighted by Gasteiger charge is 2.20. The van der Waals surface area contributed by atoms with Crippen molar-refractivity contribution in [1.82, 2.24) is 5.32 Å². The minimum absolute atomic E-state index is 0.0694. The van der Waals surface area contributed by atoms with Crippen LogP contribution in [0.15, 0.2) is 6.07 Å². The van der Waals surface area contributed by atoms with Crippen LogP contribution in [0.1, 0.15) is 39.4 Å². The Hall–Kier alpha value is -0.870. The van der Waals surface area contributed by atoms with E-state index in [1.165, 1.54) is 16.9 Å². The molecule has 3 rings (SSSR count). The summed E-state index contributed by atoms with van der Waals surface area (Å²) in [5.74, 6) is 0.0694. The van der Waals surface area contributed by atoms with Crippen molar-refractivity contribution >= 4 is 17.2 Å². The van der Waals surface area contributed by atoms with Crippen molar-refractivity contribution in [2.45, 2.75) is 38.2 Å². The second-order valence-electron chi connectivity index (χ2n) is 4.76. The fraction of sp³-hybridized carbons (Fsp3) is 0.615. The molecule has 0 bridgehead atoms. The van der Waals surface area contributed by atoms with Crippen LogP contribution in [0.25, 0.3) is 0 Å². The fourth-order valence-electron chi connectivity index (χ4n) is 2.54. The van der Waals surface area contributed by atoms with E-state index in [9.17, 15) is 4.79 Å². The first-order chi connectivity index (χ1) is 8.33. The van der Waals surface area contributed by atoms with Crippen LogP contribution in [0.2, 0.25) is 0 Å². The molecule has 1 aromatic heterocycles. The van der Waals surface area contributed by atoms with Gasteiger partial charge in [0.1, 0.15) is 0 Å². The van der Waals surface area contributed by atoms with E-state index >= 15 is 0 Å². The summed E-state index contributed by atoms with van der Waals surface area (Å²) in [4.78, 5) is 14.2. The van der Waals surface area contributed by atoms with Gasteiger partial charge < -0.3 is 10.1 Å². The van der Waals surface area contributed by atoms with Crippen LogP contribution in [0, 0.1) is 0 Å². The first kappa shape index (κ1) is 11.2. The molecule has 0 unspecified atom stereocenters. The number of nitrogens with one attached hydrogen (secondary N) is 1. The Labute approximate surface area is 105 Å². The second-order valence-corrected chi connectivity index (χ2v) is 5.89. The Kier molecular flexibility index (Phi) is 3.16. The van der Waals surface area contributed by atoms with Gasteiger partial charge in [-0.15, -0.1) is 11.3 Å². The summed E-state index contributed by atoms with van der Waals surface area (Å²) in [6.07, 6.45) is 5.96. The Bertz CT molecular complexity index is 400. The summed E-state index contributed by atoms with van der Waals surface area (Å²) in [5, 5.41) is 2.98. The van der Waals surface area contributed by atoms with E-state index < -0.39 is 0 Å². The monoisotopic (exact) mass is 251 g/mol. The minimum Gasteiger partial charge on any atom is -0.376 e. The molecule has 0 radical (unpaired) electrons. The molecule has 0 spiro atoms. The lowest BCUT2D eigenvalue weighted by molar-refractivity contribution is 0.0861. The number of hydrogen-bond donors (Lipinski definition) is 1. The van der Waals surface area contributed by atoms with E-state index in [1.807, 2.05) is 0 Å². The van der Waals surface area contributed by atoms with Crippen LogP contribution in [0.3, 0.4) is 0 Å². The third kappa shape index (κ3) is 2.38. The first-order valence-electron chi connectivity index (χ1n) is 6.34. The van der Waals surface area contributed by atoms with Crippen LogP contribution in [-0.4, -0.2) is 25.2 Å². The summed E-state index contributed by atoms with van der Waals surface area (Å²) < 4.78 is 5.49. The highest BCUT2D eigenvalue weighted by Crippen LogP contribution is 2.30. The van der Waals surface area contributed by atoms with Crippen LogP contribution in [0.5, 0.6) is 0 Å². The smallest absolute Gasteiger partial charge is 0.261 e. The van der Waals surface area contributed by atoms with Crippen molar-refractivity contribution < 1.29 is 9.53 Å². The highest BCUT2D eigenvalue weighted by molar-refractivity contribution is 7.14. The molecule has 2 aliphatic rings. The SMILES string of the molecule is O=C(NC[C@H]1CCCO1)c1cc2c(s1)CCC2. The van der Waals surface area contributed by atoms with Crippen molar-refractivity contribution in [2.75, 3.05) is 13.2 Å². The molecule has 1 amide bonds. The van der Waals surface area contributed by atoms with Gasteiger partial charge in [0.15, 0.2) is 0 Å². The molecule has 17 heavy (non-hydrogen) atoms. The van der Waals surface area contributed by atoms with Gasteiger partial charge in [-0.25, -0.2) is 0 Å². The van der Waals surface area contributed by atoms with Gasteiger partial charge in [-0.1, -0.05) is 0 Å². The molecule has 0 saturated carbocycles. The predicted octanol–water partition coefficient (Wildman–Crippen LogP) is 2.15. The number of carbonyl (C=O) groups excluding carboxylic acids is 1. The van der Waals surface area contributed by atoms with E-state index in [-0.39, 0.29) is 12.0 Å². The Morgan fingerprint density at radius 2 is 2.41 bits per heavy atom. The molecule has 3 nitrogen and oxygen atoms in total. The van der Waals surface area contributed by atoms with Crippen molar-refractivity contribution in [3.8, 4) is 0 Å². The third-order valence-electron chi connectivity index (χ3n) is 3.48. The van der Waals surface area contributed by atoms with E-state index in [0.29, 0.717) is 6.54 Å². The maximum atomic E-state index is 12.0. The van der Waals surface area contributed by atoms with Crippen LogP contribution in [0.4, 0.5) is 0 Å². The summed E-state index contributed by atoms with van der Waals surface area (Å²) >= 11 is 1.66. The molecule has 1 aliphatic carbocycles.